The molecule has 1 N–H and O–H groups in total. The van der Waals surface area contributed by atoms with Crippen molar-refractivity contribution in [1.29, 1.82) is 0 Å². The second-order valence-corrected chi connectivity index (χ2v) is 9.85. The molecular formula is C28H32N4O4. The first kappa shape index (κ1) is 24.2. The van der Waals surface area contributed by atoms with Crippen LogP contribution in [-0.4, -0.2) is 58.9 Å². The summed E-state index contributed by atoms with van der Waals surface area (Å²) in [6, 6.07) is 12.8. The van der Waals surface area contributed by atoms with Gasteiger partial charge in [-0.1, -0.05) is 36.8 Å². The maximum Gasteiger partial charge on any atom is 0.256 e. The number of carbonyl (C=O) groups excluding carboxylic acids is 3. The van der Waals surface area contributed by atoms with Crippen molar-refractivity contribution in [2.75, 3.05) is 32.1 Å². The second-order valence-electron chi connectivity index (χ2n) is 9.85. The Labute approximate surface area is 210 Å². The third kappa shape index (κ3) is 4.65. The number of nitrogens with zero attached hydrogens (tertiary/aromatic N) is 3. The van der Waals surface area contributed by atoms with Crippen molar-refractivity contribution in [3.05, 3.63) is 59.4 Å². The molecule has 5 rings (SSSR count). The van der Waals surface area contributed by atoms with Gasteiger partial charge in [0.15, 0.2) is 5.78 Å². The molecule has 1 aliphatic heterocycles. The van der Waals surface area contributed by atoms with Crippen LogP contribution in [0, 0.1) is 5.92 Å². The second kappa shape index (κ2) is 10.2. The van der Waals surface area contributed by atoms with Crippen molar-refractivity contribution < 1.29 is 19.1 Å². The van der Waals surface area contributed by atoms with Gasteiger partial charge in [-0.25, -0.2) is 4.98 Å². The van der Waals surface area contributed by atoms with Crippen LogP contribution in [0.1, 0.15) is 64.6 Å². The normalized spacial score (nSPS) is 18.2. The Balaban J connectivity index is 1.48. The molecule has 36 heavy (non-hydrogen) atoms. The topological polar surface area (TPSA) is 93.5 Å². The van der Waals surface area contributed by atoms with E-state index in [9.17, 15) is 14.4 Å². The van der Waals surface area contributed by atoms with E-state index in [2.05, 4.69) is 5.32 Å². The summed E-state index contributed by atoms with van der Waals surface area (Å²) in [6.07, 6.45) is 4.89. The molecule has 2 amide bonds. The number of nitrogens with one attached hydrogen (secondary N) is 1. The van der Waals surface area contributed by atoms with Gasteiger partial charge in [-0.15, -0.1) is 0 Å². The number of methoxy groups -OCH3 is 1. The predicted molar refractivity (Wildman–Crippen MR) is 137 cm³/mol. The number of rotatable bonds is 7. The number of aromatic nitrogens is 2. The van der Waals surface area contributed by atoms with Gasteiger partial charge in [0.05, 0.1) is 16.6 Å². The predicted octanol–water partition coefficient (Wildman–Crippen LogP) is 4.16. The first-order chi connectivity index (χ1) is 17.5. The number of amides is 2. The summed E-state index contributed by atoms with van der Waals surface area (Å²) in [5.74, 6) is 0.767. The molecule has 1 saturated heterocycles. The van der Waals surface area contributed by atoms with Gasteiger partial charge < -0.3 is 19.5 Å². The molecule has 0 bridgehead atoms. The zero-order chi connectivity index (χ0) is 25.2. The Hall–Kier alpha value is -3.52. The number of hydrogen-bond acceptors (Lipinski definition) is 5. The molecule has 2 aliphatic rings. The zero-order valence-electron chi connectivity index (χ0n) is 20.8. The van der Waals surface area contributed by atoms with Crippen LogP contribution in [-0.2, 0) is 16.6 Å². The molecule has 0 spiro atoms. The van der Waals surface area contributed by atoms with Crippen LogP contribution >= 0.6 is 0 Å². The van der Waals surface area contributed by atoms with Gasteiger partial charge in [-0.2, -0.15) is 0 Å². The van der Waals surface area contributed by atoms with Gasteiger partial charge in [0.2, 0.25) is 5.91 Å². The molecule has 1 atom stereocenters. The summed E-state index contributed by atoms with van der Waals surface area (Å²) in [7, 11) is 3.42. The van der Waals surface area contributed by atoms with Crippen molar-refractivity contribution in [3.8, 4) is 0 Å². The van der Waals surface area contributed by atoms with E-state index in [0.717, 1.165) is 37.0 Å². The zero-order valence-corrected chi connectivity index (χ0v) is 20.8. The minimum atomic E-state index is -0.295. The van der Waals surface area contributed by atoms with Gasteiger partial charge in [0.1, 0.15) is 12.4 Å². The molecule has 2 aromatic carbocycles. The third-order valence-corrected chi connectivity index (χ3v) is 7.40. The van der Waals surface area contributed by atoms with Crippen molar-refractivity contribution in [3.63, 3.8) is 0 Å². The van der Waals surface area contributed by atoms with E-state index >= 15 is 0 Å². The fourth-order valence-electron chi connectivity index (χ4n) is 5.35. The highest BCUT2D eigenvalue weighted by Gasteiger charge is 2.32. The lowest BCUT2D eigenvalue weighted by Gasteiger charge is -2.32. The number of carbonyl (C=O) groups is 3. The van der Waals surface area contributed by atoms with Gasteiger partial charge in [-0.3, -0.25) is 14.4 Å². The number of aryl methyl sites for hydroxylation is 1. The molecule has 3 aromatic rings. The van der Waals surface area contributed by atoms with Crippen LogP contribution in [0.3, 0.4) is 0 Å². The molecule has 8 nitrogen and oxygen atoms in total. The largest absolute Gasteiger partial charge is 0.375 e. The van der Waals surface area contributed by atoms with E-state index < -0.39 is 0 Å². The van der Waals surface area contributed by atoms with Crippen molar-refractivity contribution in [1.82, 2.24) is 14.5 Å². The van der Waals surface area contributed by atoms with Gasteiger partial charge >= 0.3 is 0 Å². The SMILES string of the molecule is COCC(=O)Nc1cc(C(=O)N2CCC[C@@H](C(=O)c3ccccc3)C2)c2c(c1)nc(C1CCC1)n2C. The molecule has 1 saturated carbocycles. The van der Waals surface area contributed by atoms with Crippen LogP contribution in [0.2, 0.25) is 0 Å². The number of piperidine rings is 1. The number of likely N-dealkylation sites (tertiary alicyclic amines) is 1. The molecule has 8 heteroatoms. The van der Waals surface area contributed by atoms with Gasteiger partial charge in [0.25, 0.3) is 5.91 Å². The number of fused-ring (bicyclic) bond motifs is 1. The Kier molecular flexibility index (Phi) is 6.87. The average Bonchev–Trinajstić information content (AvgIpc) is 3.17. The summed E-state index contributed by atoms with van der Waals surface area (Å²) in [5, 5.41) is 2.83. The number of imidazole rings is 1. The third-order valence-electron chi connectivity index (χ3n) is 7.40. The summed E-state index contributed by atoms with van der Waals surface area (Å²) in [4.78, 5) is 45.9. The van der Waals surface area contributed by atoms with Gasteiger partial charge in [-0.05, 0) is 37.8 Å². The smallest absolute Gasteiger partial charge is 0.256 e. The fraction of sp³-hybridized carbons (Fsp3) is 0.429. The molecule has 1 aliphatic carbocycles. The Morgan fingerprint density at radius 1 is 1.08 bits per heavy atom. The van der Waals surface area contributed by atoms with Crippen LogP contribution in [0.4, 0.5) is 5.69 Å². The number of benzene rings is 2. The van der Waals surface area contributed by atoms with Crippen molar-refractivity contribution in [2.45, 2.75) is 38.0 Å². The number of ketones is 1. The number of anilines is 1. The molecule has 0 radical (unpaired) electrons. The summed E-state index contributed by atoms with van der Waals surface area (Å²) < 4.78 is 6.98. The maximum absolute atomic E-state index is 13.9. The van der Waals surface area contributed by atoms with E-state index in [1.165, 1.54) is 13.5 Å². The number of ether oxygens (including phenoxy) is 1. The van der Waals surface area contributed by atoms with E-state index in [1.54, 1.807) is 11.0 Å². The molecular weight excluding hydrogens is 456 g/mol. The van der Waals surface area contributed by atoms with Crippen molar-refractivity contribution in [2.24, 2.45) is 13.0 Å². The minimum absolute atomic E-state index is 0.0756. The highest BCUT2D eigenvalue weighted by molar-refractivity contribution is 6.08. The molecule has 188 valence electrons. The molecule has 0 unspecified atom stereocenters. The quantitative estimate of drug-likeness (QED) is 0.504. The molecule has 1 aromatic heterocycles. The van der Waals surface area contributed by atoms with E-state index in [4.69, 9.17) is 9.72 Å². The lowest BCUT2D eigenvalue weighted by atomic mass is 9.85. The van der Waals surface area contributed by atoms with E-state index in [-0.39, 0.29) is 30.1 Å². The first-order valence-corrected chi connectivity index (χ1v) is 12.6. The summed E-state index contributed by atoms with van der Waals surface area (Å²) in [5.41, 5.74) is 3.14. The minimum Gasteiger partial charge on any atom is -0.375 e. The molecule has 2 heterocycles. The van der Waals surface area contributed by atoms with Crippen LogP contribution in [0.25, 0.3) is 11.0 Å². The Morgan fingerprint density at radius 3 is 2.56 bits per heavy atom. The highest BCUT2D eigenvalue weighted by Crippen LogP contribution is 2.38. The maximum atomic E-state index is 13.9. The Bertz CT molecular complexity index is 1300. The Morgan fingerprint density at radius 2 is 1.86 bits per heavy atom. The number of hydrogen-bond donors (Lipinski definition) is 1. The summed E-state index contributed by atoms with van der Waals surface area (Å²) in [6.45, 7) is 0.889. The van der Waals surface area contributed by atoms with Crippen LogP contribution in [0.15, 0.2) is 42.5 Å². The average molecular weight is 489 g/mol. The van der Waals surface area contributed by atoms with Crippen LogP contribution < -0.4 is 5.32 Å². The van der Waals surface area contributed by atoms with Crippen molar-refractivity contribution >= 4 is 34.3 Å². The van der Waals surface area contributed by atoms with Crippen LogP contribution in [0.5, 0.6) is 0 Å². The first-order valence-electron chi connectivity index (χ1n) is 12.6. The monoisotopic (exact) mass is 488 g/mol. The lowest BCUT2D eigenvalue weighted by molar-refractivity contribution is -0.119. The lowest BCUT2D eigenvalue weighted by Crippen LogP contribution is -2.42. The highest BCUT2D eigenvalue weighted by atomic mass is 16.5. The van der Waals surface area contributed by atoms with E-state index in [0.29, 0.717) is 41.3 Å². The fourth-order valence-corrected chi connectivity index (χ4v) is 5.35. The van der Waals surface area contributed by atoms with Gasteiger partial charge in [0, 0.05) is 50.3 Å². The summed E-state index contributed by atoms with van der Waals surface area (Å²) >= 11 is 0. The molecule has 2 fully saturated rings. The number of Topliss-reactive ketones (excluding diaryl/α,β-unsaturated/α-hetero) is 1. The van der Waals surface area contributed by atoms with E-state index in [1.807, 2.05) is 48.0 Å². The standard InChI is InChI=1S/C28H32N4O4/c1-31-25-22(28(35)32-13-7-12-20(16-32)26(34)18-8-4-3-5-9-18)14-21(29-24(33)17-36-2)15-23(25)30-27(31)19-10-6-11-19/h3-5,8-9,14-15,19-20H,6-7,10-13,16-17H2,1-2H3,(H,29,33)/t20-/m1/s1.